The Hall–Kier alpha value is -2.11. The van der Waals surface area contributed by atoms with Gasteiger partial charge >= 0.3 is 0 Å². The number of likely N-dealkylation sites (tertiary alicyclic amines) is 1. The van der Waals surface area contributed by atoms with E-state index in [1.807, 2.05) is 26.0 Å². The van der Waals surface area contributed by atoms with Gasteiger partial charge in [-0.15, -0.1) is 0 Å². The number of amides is 1. The molecule has 1 N–H and O–H groups in total. The van der Waals surface area contributed by atoms with Gasteiger partial charge in [0, 0.05) is 37.7 Å². The van der Waals surface area contributed by atoms with E-state index in [1.54, 1.807) is 6.26 Å². The number of hydrogen-bond acceptors (Lipinski definition) is 4. The topological polar surface area (TPSA) is 54.7 Å². The van der Waals surface area contributed by atoms with Gasteiger partial charge in [0.05, 0.1) is 18.0 Å². The van der Waals surface area contributed by atoms with Crippen LogP contribution in [-0.2, 0) is 16.1 Å². The molecule has 5 heteroatoms. The van der Waals surface area contributed by atoms with Crippen molar-refractivity contribution in [3.8, 4) is 11.3 Å². The first kappa shape index (κ1) is 20.2. The van der Waals surface area contributed by atoms with Crippen LogP contribution in [0.1, 0.15) is 45.1 Å². The lowest BCUT2D eigenvalue weighted by atomic mass is 9.88. The molecule has 1 aromatic carbocycles. The van der Waals surface area contributed by atoms with Crippen molar-refractivity contribution in [3.05, 3.63) is 48.2 Å². The second kappa shape index (κ2) is 8.72. The molecule has 4 rings (SSSR count). The highest BCUT2D eigenvalue weighted by atomic mass is 16.5. The molecule has 5 nitrogen and oxygen atoms in total. The maximum Gasteiger partial charge on any atom is 0.222 e. The zero-order valence-corrected chi connectivity index (χ0v) is 17.5. The summed E-state index contributed by atoms with van der Waals surface area (Å²) in [6.45, 7) is 7.49. The van der Waals surface area contributed by atoms with Crippen LogP contribution in [0.4, 0.5) is 0 Å². The second-order valence-electron chi connectivity index (χ2n) is 8.77. The minimum absolute atomic E-state index is 0.00422. The lowest BCUT2D eigenvalue weighted by molar-refractivity contribution is -0.125. The van der Waals surface area contributed by atoms with Crippen molar-refractivity contribution >= 4 is 5.91 Å². The molecule has 1 aromatic heterocycles. The Kier molecular flexibility index (Phi) is 6.07. The smallest absolute Gasteiger partial charge is 0.222 e. The Bertz CT molecular complexity index is 807. The summed E-state index contributed by atoms with van der Waals surface area (Å²) in [6, 6.07) is 12.5. The van der Waals surface area contributed by atoms with E-state index >= 15 is 0 Å². The fourth-order valence-corrected chi connectivity index (χ4v) is 4.52. The Morgan fingerprint density at radius 2 is 1.97 bits per heavy atom. The van der Waals surface area contributed by atoms with Crippen molar-refractivity contribution < 1.29 is 13.9 Å². The molecule has 1 unspecified atom stereocenters. The summed E-state index contributed by atoms with van der Waals surface area (Å²) in [5, 5.41) is 3.02. The molecule has 2 aliphatic rings. The van der Waals surface area contributed by atoms with Gasteiger partial charge in [-0.3, -0.25) is 9.69 Å². The van der Waals surface area contributed by atoms with E-state index in [0.29, 0.717) is 6.54 Å². The summed E-state index contributed by atoms with van der Waals surface area (Å²) in [4.78, 5) is 14.3. The predicted molar refractivity (Wildman–Crippen MR) is 113 cm³/mol. The fourth-order valence-electron chi connectivity index (χ4n) is 4.52. The quantitative estimate of drug-likeness (QED) is 0.794. The van der Waals surface area contributed by atoms with Crippen LogP contribution in [-0.4, -0.2) is 42.1 Å². The number of nitrogens with zero attached hydrogens (tertiary/aromatic N) is 1. The molecule has 1 amide bonds. The minimum atomic E-state index is 0.00422. The van der Waals surface area contributed by atoms with Crippen LogP contribution in [0.2, 0.25) is 0 Å². The summed E-state index contributed by atoms with van der Waals surface area (Å²) in [7, 11) is 0. The molecule has 2 aliphatic heterocycles. The number of hydrogen-bond donors (Lipinski definition) is 1. The largest absolute Gasteiger partial charge is 0.464 e. The molecule has 0 saturated carbocycles. The van der Waals surface area contributed by atoms with E-state index in [4.69, 9.17) is 9.15 Å². The van der Waals surface area contributed by atoms with Crippen LogP contribution in [0.5, 0.6) is 0 Å². The van der Waals surface area contributed by atoms with Crippen molar-refractivity contribution in [2.75, 3.05) is 19.6 Å². The van der Waals surface area contributed by atoms with E-state index in [-0.39, 0.29) is 23.5 Å². The highest BCUT2D eigenvalue weighted by molar-refractivity contribution is 5.77. The summed E-state index contributed by atoms with van der Waals surface area (Å²) in [6.07, 6.45) is 6.15. The van der Waals surface area contributed by atoms with Gasteiger partial charge in [-0.25, -0.2) is 0 Å². The SMILES string of the molecule is CC(C)C(=O)NCC1CCC2(CCN(Cc3ccccc3-c3ccco3)CC2)O1. The maximum atomic E-state index is 11.8. The Morgan fingerprint density at radius 1 is 1.17 bits per heavy atom. The number of benzene rings is 1. The van der Waals surface area contributed by atoms with Gasteiger partial charge < -0.3 is 14.5 Å². The number of nitrogens with one attached hydrogen (secondary N) is 1. The van der Waals surface area contributed by atoms with Crippen LogP contribution >= 0.6 is 0 Å². The number of ether oxygens (including phenoxy) is 1. The lowest BCUT2D eigenvalue weighted by Gasteiger charge is -2.39. The first-order valence-corrected chi connectivity index (χ1v) is 10.8. The van der Waals surface area contributed by atoms with Crippen molar-refractivity contribution in [3.63, 3.8) is 0 Å². The van der Waals surface area contributed by atoms with E-state index in [0.717, 1.165) is 51.1 Å². The van der Waals surface area contributed by atoms with Crippen molar-refractivity contribution in [2.24, 2.45) is 5.92 Å². The van der Waals surface area contributed by atoms with Gasteiger partial charge in [0.25, 0.3) is 0 Å². The van der Waals surface area contributed by atoms with Crippen LogP contribution in [0.25, 0.3) is 11.3 Å². The molecule has 0 bridgehead atoms. The second-order valence-corrected chi connectivity index (χ2v) is 8.77. The maximum absolute atomic E-state index is 11.8. The molecular weight excluding hydrogens is 364 g/mol. The van der Waals surface area contributed by atoms with Gasteiger partial charge in [-0.05, 0) is 43.4 Å². The third-order valence-corrected chi connectivity index (χ3v) is 6.33. The number of rotatable bonds is 6. The molecule has 0 radical (unpaired) electrons. The zero-order chi connectivity index (χ0) is 20.3. The monoisotopic (exact) mass is 396 g/mol. The molecule has 2 fully saturated rings. The van der Waals surface area contributed by atoms with Gasteiger partial charge in [0.15, 0.2) is 0 Å². The van der Waals surface area contributed by atoms with Crippen molar-refractivity contribution in [1.82, 2.24) is 10.2 Å². The molecule has 3 heterocycles. The summed E-state index contributed by atoms with van der Waals surface area (Å²) in [5.74, 6) is 1.07. The van der Waals surface area contributed by atoms with Crippen LogP contribution < -0.4 is 5.32 Å². The third kappa shape index (κ3) is 4.73. The zero-order valence-electron chi connectivity index (χ0n) is 17.5. The number of furan rings is 1. The van der Waals surface area contributed by atoms with Crippen LogP contribution in [0.15, 0.2) is 47.1 Å². The summed E-state index contributed by atoms with van der Waals surface area (Å²) >= 11 is 0. The third-order valence-electron chi connectivity index (χ3n) is 6.33. The highest BCUT2D eigenvalue weighted by Crippen LogP contribution is 2.39. The predicted octanol–water partition coefficient (Wildman–Crippen LogP) is 4.23. The lowest BCUT2D eigenvalue weighted by Crippen LogP contribution is -2.45. The first-order chi connectivity index (χ1) is 14.0. The highest BCUT2D eigenvalue weighted by Gasteiger charge is 2.42. The Labute approximate surface area is 173 Å². The fraction of sp³-hybridized carbons (Fsp3) is 0.542. The van der Waals surface area contributed by atoms with Crippen molar-refractivity contribution in [1.29, 1.82) is 0 Å². The summed E-state index contributed by atoms with van der Waals surface area (Å²) in [5.41, 5.74) is 2.49. The standard InChI is InChI=1S/C24H32N2O3/c1-18(2)23(27)25-16-20-9-10-24(29-20)11-13-26(14-12-24)17-19-6-3-4-7-21(19)22-8-5-15-28-22/h3-8,15,18,20H,9-14,16-17H2,1-2H3,(H,25,27). The van der Waals surface area contributed by atoms with Crippen molar-refractivity contribution in [2.45, 2.75) is 57.8 Å². The molecule has 2 aromatic rings. The summed E-state index contributed by atoms with van der Waals surface area (Å²) < 4.78 is 12.1. The van der Waals surface area contributed by atoms with E-state index in [2.05, 4.69) is 34.5 Å². The van der Waals surface area contributed by atoms with E-state index in [1.165, 1.54) is 11.1 Å². The molecular formula is C24H32N2O3. The average molecular weight is 397 g/mol. The molecule has 1 atom stereocenters. The van der Waals surface area contributed by atoms with E-state index in [9.17, 15) is 4.79 Å². The molecule has 29 heavy (non-hydrogen) atoms. The number of carbonyl (C=O) groups is 1. The van der Waals surface area contributed by atoms with Crippen LogP contribution in [0.3, 0.4) is 0 Å². The molecule has 1 spiro atoms. The van der Waals surface area contributed by atoms with E-state index < -0.39 is 0 Å². The Morgan fingerprint density at radius 3 is 2.69 bits per heavy atom. The number of piperidine rings is 1. The normalized spacial score (nSPS) is 21.7. The van der Waals surface area contributed by atoms with Gasteiger partial charge in [0.1, 0.15) is 5.76 Å². The Balaban J connectivity index is 1.30. The van der Waals surface area contributed by atoms with Crippen LogP contribution in [0, 0.1) is 5.92 Å². The van der Waals surface area contributed by atoms with Gasteiger partial charge in [-0.2, -0.15) is 0 Å². The number of carbonyl (C=O) groups excluding carboxylic acids is 1. The molecule has 0 aliphatic carbocycles. The average Bonchev–Trinajstić information content (AvgIpc) is 3.39. The molecule has 2 saturated heterocycles. The first-order valence-electron chi connectivity index (χ1n) is 10.8. The van der Waals surface area contributed by atoms with Gasteiger partial charge in [0.2, 0.25) is 5.91 Å². The minimum Gasteiger partial charge on any atom is -0.464 e. The molecule has 156 valence electrons. The van der Waals surface area contributed by atoms with Gasteiger partial charge in [-0.1, -0.05) is 38.1 Å².